The Balaban J connectivity index is 2.13. The Labute approximate surface area is 153 Å². The highest BCUT2D eigenvalue weighted by Crippen LogP contribution is 2.18. The van der Waals surface area contributed by atoms with Gasteiger partial charge < -0.3 is 15.2 Å². The van der Waals surface area contributed by atoms with E-state index in [2.05, 4.69) is 27.9 Å². The van der Waals surface area contributed by atoms with Crippen LogP contribution in [0.4, 0.5) is 0 Å². The molecular formula is C18H16INO4. The molecule has 5 nitrogen and oxygen atoms in total. The highest BCUT2D eigenvalue weighted by atomic mass is 127. The third kappa shape index (κ3) is 5.69. The molecule has 0 atom stereocenters. The maximum Gasteiger partial charge on any atom is 0.352 e. The highest BCUT2D eigenvalue weighted by molar-refractivity contribution is 14.1. The Morgan fingerprint density at radius 3 is 2.62 bits per heavy atom. The summed E-state index contributed by atoms with van der Waals surface area (Å²) in [6, 6.07) is 15.0. The van der Waals surface area contributed by atoms with Crippen molar-refractivity contribution in [2.75, 3.05) is 0 Å². The van der Waals surface area contributed by atoms with E-state index in [1.807, 2.05) is 24.3 Å². The summed E-state index contributed by atoms with van der Waals surface area (Å²) in [5, 5.41) is 11.4. The van der Waals surface area contributed by atoms with Crippen molar-refractivity contribution in [3.8, 4) is 5.75 Å². The van der Waals surface area contributed by atoms with Gasteiger partial charge in [0, 0.05) is 10.5 Å². The lowest BCUT2D eigenvalue weighted by atomic mass is 10.1. The summed E-state index contributed by atoms with van der Waals surface area (Å²) < 4.78 is 6.87. The zero-order valence-electron chi connectivity index (χ0n) is 13.0. The molecule has 0 aliphatic rings. The number of nitrogens with one attached hydrogen (secondary N) is 1. The van der Waals surface area contributed by atoms with Crippen molar-refractivity contribution in [1.29, 1.82) is 0 Å². The molecule has 0 heterocycles. The van der Waals surface area contributed by atoms with E-state index in [0.29, 0.717) is 17.9 Å². The van der Waals surface area contributed by atoms with Crippen LogP contribution in [0.3, 0.4) is 0 Å². The molecule has 0 radical (unpaired) electrons. The molecule has 0 bridgehead atoms. The average Bonchev–Trinajstić information content (AvgIpc) is 2.52. The number of hydrogen-bond acceptors (Lipinski definition) is 3. The fraction of sp³-hybridized carbons (Fsp3) is 0.111. The van der Waals surface area contributed by atoms with Gasteiger partial charge >= 0.3 is 5.97 Å². The standard InChI is InChI=1S/C18H16INO4/c1-12(21)20-17(18(22)23)10-13-4-3-7-16(9-13)24-11-14-5-2-6-15(19)8-14/h2-10H,11H2,1H3,(H,20,21)(H,22,23)/b17-10+. The molecular weight excluding hydrogens is 421 g/mol. The SMILES string of the molecule is CC(=O)N/C(=C/c1cccc(OCc2cccc(I)c2)c1)C(=O)O. The van der Waals surface area contributed by atoms with Crippen LogP contribution in [0.2, 0.25) is 0 Å². The Hall–Kier alpha value is -2.35. The van der Waals surface area contributed by atoms with E-state index in [9.17, 15) is 9.59 Å². The minimum absolute atomic E-state index is 0.183. The Bertz CT molecular complexity index is 786. The summed E-state index contributed by atoms with van der Waals surface area (Å²) in [6.45, 7) is 1.68. The first-order valence-electron chi connectivity index (χ1n) is 7.14. The largest absolute Gasteiger partial charge is 0.489 e. The normalized spacial score (nSPS) is 11.0. The number of hydrogen-bond donors (Lipinski definition) is 2. The van der Waals surface area contributed by atoms with E-state index in [0.717, 1.165) is 9.13 Å². The van der Waals surface area contributed by atoms with Crippen LogP contribution in [-0.4, -0.2) is 17.0 Å². The number of amides is 1. The Kier molecular flexibility index (Phi) is 6.36. The van der Waals surface area contributed by atoms with Gasteiger partial charge in [0.05, 0.1) is 0 Å². The van der Waals surface area contributed by atoms with Gasteiger partial charge in [-0.3, -0.25) is 4.79 Å². The first kappa shape index (κ1) is 18.0. The number of benzene rings is 2. The maximum absolute atomic E-state index is 11.2. The molecule has 24 heavy (non-hydrogen) atoms. The molecule has 2 aromatic carbocycles. The van der Waals surface area contributed by atoms with Gasteiger partial charge in [0.25, 0.3) is 0 Å². The predicted molar refractivity (Wildman–Crippen MR) is 99.4 cm³/mol. The molecule has 0 fully saturated rings. The molecule has 0 aromatic heterocycles. The third-order valence-electron chi connectivity index (χ3n) is 3.00. The van der Waals surface area contributed by atoms with E-state index in [1.165, 1.54) is 13.0 Å². The number of aliphatic carboxylic acids is 1. The summed E-state index contributed by atoms with van der Waals surface area (Å²) in [6.07, 6.45) is 1.39. The average molecular weight is 437 g/mol. The van der Waals surface area contributed by atoms with Gasteiger partial charge in [0.1, 0.15) is 18.1 Å². The van der Waals surface area contributed by atoms with E-state index >= 15 is 0 Å². The minimum atomic E-state index is -1.20. The molecule has 2 rings (SSSR count). The van der Waals surface area contributed by atoms with Crippen molar-refractivity contribution < 1.29 is 19.4 Å². The summed E-state index contributed by atoms with van der Waals surface area (Å²) in [7, 11) is 0. The van der Waals surface area contributed by atoms with Gasteiger partial charge in [-0.25, -0.2) is 4.79 Å². The molecule has 0 aliphatic carbocycles. The van der Waals surface area contributed by atoms with Crippen molar-refractivity contribution in [2.45, 2.75) is 13.5 Å². The van der Waals surface area contributed by atoms with E-state index in [-0.39, 0.29) is 5.70 Å². The molecule has 0 aliphatic heterocycles. The van der Waals surface area contributed by atoms with Crippen molar-refractivity contribution in [1.82, 2.24) is 5.32 Å². The zero-order valence-corrected chi connectivity index (χ0v) is 15.1. The summed E-state index contributed by atoms with van der Waals surface area (Å²) in [5.74, 6) is -1.01. The third-order valence-corrected chi connectivity index (χ3v) is 3.68. The van der Waals surface area contributed by atoms with Crippen LogP contribution in [-0.2, 0) is 16.2 Å². The minimum Gasteiger partial charge on any atom is -0.489 e. The van der Waals surface area contributed by atoms with Crippen molar-refractivity contribution in [2.24, 2.45) is 0 Å². The van der Waals surface area contributed by atoms with Gasteiger partial charge in [-0.15, -0.1) is 0 Å². The Morgan fingerprint density at radius 2 is 1.96 bits per heavy atom. The van der Waals surface area contributed by atoms with Crippen LogP contribution in [0.1, 0.15) is 18.1 Å². The van der Waals surface area contributed by atoms with Crippen LogP contribution in [0.5, 0.6) is 5.75 Å². The monoisotopic (exact) mass is 437 g/mol. The van der Waals surface area contributed by atoms with Crippen LogP contribution in [0.15, 0.2) is 54.2 Å². The summed E-state index contributed by atoms with van der Waals surface area (Å²) in [4.78, 5) is 22.2. The number of carboxylic acid groups (broad SMARTS) is 1. The lowest BCUT2D eigenvalue weighted by Crippen LogP contribution is -2.24. The molecule has 0 saturated carbocycles. The molecule has 0 spiro atoms. The maximum atomic E-state index is 11.2. The smallest absolute Gasteiger partial charge is 0.352 e. The molecule has 2 N–H and O–H groups in total. The highest BCUT2D eigenvalue weighted by Gasteiger charge is 2.09. The van der Waals surface area contributed by atoms with Gasteiger partial charge in [-0.05, 0) is 64.1 Å². The number of halogens is 1. The van der Waals surface area contributed by atoms with Gasteiger partial charge in [-0.2, -0.15) is 0 Å². The molecule has 0 unspecified atom stereocenters. The molecule has 0 saturated heterocycles. The number of carbonyl (C=O) groups excluding carboxylic acids is 1. The zero-order chi connectivity index (χ0) is 17.5. The van der Waals surface area contributed by atoms with Crippen LogP contribution in [0, 0.1) is 3.57 Å². The van der Waals surface area contributed by atoms with Gasteiger partial charge in [0.15, 0.2) is 0 Å². The Morgan fingerprint density at radius 1 is 1.21 bits per heavy atom. The lowest BCUT2D eigenvalue weighted by Gasteiger charge is -2.08. The van der Waals surface area contributed by atoms with Crippen molar-refractivity contribution in [3.05, 3.63) is 68.9 Å². The van der Waals surface area contributed by atoms with Crippen molar-refractivity contribution in [3.63, 3.8) is 0 Å². The number of carboxylic acids is 1. The molecule has 6 heteroatoms. The number of rotatable bonds is 6. The summed E-state index contributed by atoms with van der Waals surface area (Å²) in [5.41, 5.74) is 1.49. The fourth-order valence-electron chi connectivity index (χ4n) is 2.00. The molecule has 1 amide bonds. The first-order chi connectivity index (χ1) is 11.4. The molecule has 2 aromatic rings. The summed E-state index contributed by atoms with van der Waals surface area (Å²) >= 11 is 2.24. The van der Waals surface area contributed by atoms with Crippen LogP contribution >= 0.6 is 22.6 Å². The first-order valence-corrected chi connectivity index (χ1v) is 8.22. The van der Waals surface area contributed by atoms with E-state index in [1.54, 1.807) is 24.3 Å². The lowest BCUT2D eigenvalue weighted by molar-refractivity contribution is -0.134. The fourth-order valence-corrected chi connectivity index (χ4v) is 2.60. The predicted octanol–water partition coefficient (Wildman–Crippen LogP) is 3.43. The molecule has 124 valence electrons. The van der Waals surface area contributed by atoms with E-state index in [4.69, 9.17) is 9.84 Å². The number of carbonyl (C=O) groups is 2. The van der Waals surface area contributed by atoms with Crippen LogP contribution < -0.4 is 10.1 Å². The van der Waals surface area contributed by atoms with E-state index < -0.39 is 11.9 Å². The topological polar surface area (TPSA) is 75.6 Å². The second-order valence-electron chi connectivity index (χ2n) is 5.04. The van der Waals surface area contributed by atoms with Crippen molar-refractivity contribution >= 4 is 40.5 Å². The van der Waals surface area contributed by atoms with Gasteiger partial charge in [-0.1, -0.05) is 24.3 Å². The van der Waals surface area contributed by atoms with Gasteiger partial charge in [0.2, 0.25) is 5.91 Å². The second kappa shape index (κ2) is 8.49. The quantitative estimate of drug-likeness (QED) is 0.537. The number of ether oxygens (including phenoxy) is 1. The second-order valence-corrected chi connectivity index (χ2v) is 6.28. The van der Waals surface area contributed by atoms with Crippen LogP contribution in [0.25, 0.3) is 6.08 Å².